The second-order valence-corrected chi connectivity index (χ2v) is 3.31. The molecule has 0 saturated carbocycles. The van der Waals surface area contributed by atoms with E-state index in [2.05, 4.69) is 11.4 Å². The molecule has 0 rings (SSSR count). The Hall–Kier alpha value is -0.200. The first kappa shape index (κ1) is 9.80. The van der Waals surface area contributed by atoms with E-state index in [-0.39, 0.29) is 5.25 Å². The number of hydrogen-bond donors (Lipinski definition) is 1. The number of nitrogens with one attached hydrogen (secondary N) is 1. The smallest absolute Gasteiger partial charge is 0.0914 e. The van der Waals surface area contributed by atoms with Crippen molar-refractivity contribution in [1.82, 2.24) is 5.32 Å². The summed E-state index contributed by atoms with van der Waals surface area (Å²) in [5, 5.41) is 11.8. The maximum atomic E-state index is 8.53. The standard InChI is InChI=1S/C7H14N2S/c1-3-7(6-8)10-5-4-9-2/h7,9H,3-5H2,1-2H3. The molecule has 0 saturated heterocycles. The summed E-state index contributed by atoms with van der Waals surface area (Å²) in [6.45, 7) is 3.03. The zero-order valence-electron chi connectivity index (χ0n) is 6.55. The quantitative estimate of drug-likeness (QED) is 0.611. The van der Waals surface area contributed by atoms with Crippen molar-refractivity contribution in [2.45, 2.75) is 18.6 Å². The van der Waals surface area contributed by atoms with E-state index in [0.29, 0.717) is 0 Å². The lowest BCUT2D eigenvalue weighted by Gasteiger charge is -2.03. The average Bonchev–Trinajstić information content (AvgIpc) is 1.99. The van der Waals surface area contributed by atoms with Gasteiger partial charge in [0.15, 0.2) is 0 Å². The van der Waals surface area contributed by atoms with Crippen molar-refractivity contribution in [2.24, 2.45) is 0 Å². The van der Waals surface area contributed by atoms with Crippen LogP contribution in [0.15, 0.2) is 0 Å². The zero-order chi connectivity index (χ0) is 7.82. The Balaban J connectivity index is 3.20. The maximum absolute atomic E-state index is 8.53. The first-order valence-electron chi connectivity index (χ1n) is 3.51. The molecule has 3 heteroatoms. The summed E-state index contributed by atoms with van der Waals surface area (Å²) in [6.07, 6.45) is 0.949. The van der Waals surface area contributed by atoms with E-state index in [1.54, 1.807) is 11.8 Å². The number of rotatable bonds is 5. The van der Waals surface area contributed by atoms with Crippen LogP contribution in [0.4, 0.5) is 0 Å². The van der Waals surface area contributed by atoms with E-state index in [1.165, 1.54) is 0 Å². The van der Waals surface area contributed by atoms with Crippen molar-refractivity contribution in [2.75, 3.05) is 19.3 Å². The van der Waals surface area contributed by atoms with E-state index in [1.807, 2.05) is 14.0 Å². The summed E-state index contributed by atoms with van der Waals surface area (Å²) >= 11 is 1.72. The minimum atomic E-state index is 0.188. The van der Waals surface area contributed by atoms with Crippen LogP contribution in [0.1, 0.15) is 13.3 Å². The van der Waals surface area contributed by atoms with Gasteiger partial charge in [-0.25, -0.2) is 0 Å². The number of nitriles is 1. The topological polar surface area (TPSA) is 35.8 Å². The van der Waals surface area contributed by atoms with Crippen molar-refractivity contribution in [1.29, 1.82) is 5.26 Å². The Morgan fingerprint density at radius 3 is 2.80 bits per heavy atom. The lowest BCUT2D eigenvalue weighted by Crippen LogP contribution is -2.11. The fourth-order valence-corrected chi connectivity index (χ4v) is 1.47. The molecule has 58 valence electrons. The molecule has 0 aliphatic heterocycles. The first-order valence-corrected chi connectivity index (χ1v) is 4.55. The normalized spacial score (nSPS) is 12.5. The van der Waals surface area contributed by atoms with Gasteiger partial charge < -0.3 is 5.32 Å². The molecule has 0 bridgehead atoms. The highest BCUT2D eigenvalue weighted by Crippen LogP contribution is 2.11. The molecule has 0 aromatic carbocycles. The van der Waals surface area contributed by atoms with Gasteiger partial charge in [0.25, 0.3) is 0 Å². The minimum absolute atomic E-state index is 0.188. The average molecular weight is 158 g/mol. The molecular weight excluding hydrogens is 144 g/mol. The molecule has 0 aliphatic rings. The Kier molecular flexibility index (Phi) is 6.78. The van der Waals surface area contributed by atoms with Gasteiger partial charge in [0.2, 0.25) is 0 Å². The van der Waals surface area contributed by atoms with Gasteiger partial charge in [0.05, 0.1) is 11.3 Å². The molecule has 1 atom stereocenters. The van der Waals surface area contributed by atoms with Gasteiger partial charge in [-0.2, -0.15) is 5.26 Å². The molecule has 2 nitrogen and oxygen atoms in total. The summed E-state index contributed by atoms with van der Waals surface area (Å²) in [7, 11) is 1.92. The molecule has 0 aromatic rings. The highest BCUT2D eigenvalue weighted by atomic mass is 32.2. The number of hydrogen-bond acceptors (Lipinski definition) is 3. The van der Waals surface area contributed by atoms with Crippen LogP contribution in [0.2, 0.25) is 0 Å². The summed E-state index contributed by atoms with van der Waals surface area (Å²) in [6, 6.07) is 2.25. The Morgan fingerprint density at radius 2 is 2.40 bits per heavy atom. The minimum Gasteiger partial charge on any atom is -0.319 e. The summed E-state index contributed by atoms with van der Waals surface area (Å²) in [4.78, 5) is 0. The SMILES string of the molecule is CCC(C#N)SCCNC. The van der Waals surface area contributed by atoms with Gasteiger partial charge in [0.1, 0.15) is 0 Å². The van der Waals surface area contributed by atoms with Gasteiger partial charge in [-0.1, -0.05) is 6.92 Å². The third kappa shape index (κ3) is 4.66. The molecule has 10 heavy (non-hydrogen) atoms. The van der Waals surface area contributed by atoms with Gasteiger partial charge in [-0.3, -0.25) is 0 Å². The van der Waals surface area contributed by atoms with Gasteiger partial charge >= 0.3 is 0 Å². The molecule has 0 radical (unpaired) electrons. The number of thioether (sulfide) groups is 1. The molecule has 0 spiro atoms. The lowest BCUT2D eigenvalue weighted by molar-refractivity contribution is 0.868. The molecule has 0 fully saturated rings. The van der Waals surface area contributed by atoms with Crippen molar-refractivity contribution < 1.29 is 0 Å². The molecule has 0 aliphatic carbocycles. The largest absolute Gasteiger partial charge is 0.319 e. The van der Waals surface area contributed by atoms with Crippen LogP contribution in [-0.4, -0.2) is 24.6 Å². The predicted octanol–water partition coefficient (Wildman–Crippen LogP) is 1.24. The van der Waals surface area contributed by atoms with Crippen LogP contribution in [0, 0.1) is 11.3 Å². The van der Waals surface area contributed by atoms with Gasteiger partial charge in [0, 0.05) is 12.3 Å². The third-order valence-corrected chi connectivity index (χ3v) is 2.47. The van der Waals surface area contributed by atoms with E-state index in [0.717, 1.165) is 18.7 Å². The summed E-state index contributed by atoms with van der Waals surface area (Å²) in [5.74, 6) is 1.03. The molecule has 0 heterocycles. The van der Waals surface area contributed by atoms with Crippen molar-refractivity contribution in [3.05, 3.63) is 0 Å². The molecule has 0 aromatic heterocycles. The second-order valence-electron chi connectivity index (χ2n) is 2.00. The van der Waals surface area contributed by atoms with Crippen LogP contribution in [-0.2, 0) is 0 Å². The predicted molar refractivity (Wildman–Crippen MR) is 46.1 cm³/mol. The summed E-state index contributed by atoms with van der Waals surface area (Å²) < 4.78 is 0. The fourth-order valence-electron chi connectivity index (χ4n) is 0.550. The Labute approximate surface area is 67.0 Å². The molecule has 1 unspecified atom stereocenters. The maximum Gasteiger partial charge on any atom is 0.0914 e. The van der Waals surface area contributed by atoms with Crippen molar-refractivity contribution in [3.63, 3.8) is 0 Å². The van der Waals surface area contributed by atoms with Crippen LogP contribution >= 0.6 is 11.8 Å². The van der Waals surface area contributed by atoms with Crippen molar-refractivity contribution in [3.8, 4) is 6.07 Å². The summed E-state index contributed by atoms with van der Waals surface area (Å²) in [5.41, 5.74) is 0. The highest BCUT2D eigenvalue weighted by Gasteiger charge is 2.02. The van der Waals surface area contributed by atoms with Crippen LogP contribution in [0.25, 0.3) is 0 Å². The zero-order valence-corrected chi connectivity index (χ0v) is 7.37. The van der Waals surface area contributed by atoms with E-state index in [9.17, 15) is 0 Å². The third-order valence-electron chi connectivity index (χ3n) is 1.19. The second kappa shape index (κ2) is 6.91. The van der Waals surface area contributed by atoms with Gasteiger partial charge in [-0.05, 0) is 13.5 Å². The van der Waals surface area contributed by atoms with E-state index >= 15 is 0 Å². The Morgan fingerprint density at radius 1 is 1.70 bits per heavy atom. The monoisotopic (exact) mass is 158 g/mol. The fraction of sp³-hybridized carbons (Fsp3) is 0.857. The first-order chi connectivity index (χ1) is 4.85. The van der Waals surface area contributed by atoms with Crippen LogP contribution < -0.4 is 5.32 Å². The highest BCUT2D eigenvalue weighted by molar-refractivity contribution is 8.00. The van der Waals surface area contributed by atoms with Gasteiger partial charge in [-0.15, -0.1) is 11.8 Å². The molecule has 1 N–H and O–H groups in total. The van der Waals surface area contributed by atoms with E-state index < -0.39 is 0 Å². The van der Waals surface area contributed by atoms with Crippen LogP contribution in [0.3, 0.4) is 0 Å². The number of nitrogens with zero attached hydrogens (tertiary/aromatic N) is 1. The lowest BCUT2D eigenvalue weighted by atomic mass is 10.4. The molecular formula is C7H14N2S. The van der Waals surface area contributed by atoms with Crippen LogP contribution in [0.5, 0.6) is 0 Å². The molecule has 0 amide bonds. The Bertz CT molecular complexity index is 109. The van der Waals surface area contributed by atoms with Crippen molar-refractivity contribution >= 4 is 11.8 Å². The van der Waals surface area contributed by atoms with E-state index in [4.69, 9.17) is 5.26 Å².